The van der Waals surface area contributed by atoms with E-state index in [-0.39, 0.29) is 12.3 Å². The topological polar surface area (TPSA) is 82.6 Å². The molecule has 1 aromatic heterocycles. The van der Waals surface area contributed by atoms with Gasteiger partial charge in [0.25, 0.3) is 5.69 Å². The van der Waals surface area contributed by atoms with Crippen LogP contribution in [-0.2, 0) is 9.53 Å². The van der Waals surface area contributed by atoms with Crippen LogP contribution in [0.25, 0.3) is 17.4 Å². The number of rotatable bonds is 5. The second-order valence-electron chi connectivity index (χ2n) is 4.27. The van der Waals surface area contributed by atoms with Gasteiger partial charge in [0.05, 0.1) is 4.92 Å². The van der Waals surface area contributed by atoms with Crippen molar-refractivity contribution in [3.05, 3.63) is 56.8 Å². The minimum absolute atomic E-state index is 0.0245. The zero-order valence-electron chi connectivity index (χ0n) is 11.7. The standard InChI is InChI=1S/C16H10BrNO5/c1-2-9-22-16(19)8-5-12-4-7-15(23-12)13-6-3-11(18(20)21)10-14(13)17/h1,3-8,10H,9H2/b8-5+. The second-order valence-corrected chi connectivity index (χ2v) is 5.12. The van der Waals surface area contributed by atoms with Crippen molar-refractivity contribution in [2.24, 2.45) is 0 Å². The number of hydrogen-bond donors (Lipinski definition) is 0. The third-order valence-corrected chi connectivity index (χ3v) is 3.39. The average Bonchev–Trinajstić information content (AvgIpc) is 2.99. The summed E-state index contributed by atoms with van der Waals surface area (Å²) in [4.78, 5) is 21.5. The molecular formula is C16H10BrNO5. The van der Waals surface area contributed by atoms with Crippen molar-refractivity contribution < 1.29 is 18.9 Å². The van der Waals surface area contributed by atoms with Crippen LogP contribution in [-0.4, -0.2) is 17.5 Å². The summed E-state index contributed by atoms with van der Waals surface area (Å²) in [5, 5.41) is 10.7. The largest absolute Gasteiger partial charge is 0.457 e. The summed E-state index contributed by atoms with van der Waals surface area (Å²) in [6, 6.07) is 7.71. The summed E-state index contributed by atoms with van der Waals surface area (Å²) >= 11 is 3.28. The van der Waals surface area contributed by atoms with Crippen molar-refractivity contribution in [3.8, 4) is 23.7 Å². The number of benzene rings is 1. The Kier molecular flexibility index (Phi) is 5.33. The minimum atomic E-state index is -0.572. The van der Waals surface area contributed by atoms with Crippen LogP contribution in [0.2, 0.25) is 0 Å². The Balaban J connectivity index is 2.16. The monoisotopic (exact) mass is 375 g/mol. The van der Waals surface area contributed by atoms with E-state index in [0.29, 0.717) is 21.6 Å². The number of nitrogens with zero attached hydrogens (tertiary/aromatic N) is 1. The summed E-state index contributed by atoms with van der Waals surface area (Å²) in [5.41, 5.74) is 0.633. The van der Waals surface area contributed by atoms with E-state index in [2.05, 4.69) is 26.6 Å². The number of carbonyl (C=O) groups excluding carboxylic acids is 1. The molecule has 0 radical (unpaired) electrons. The Morgan fingerprint density at radius 2 is 2.22 bits per heavy atom. The van der Waals surface area contributed by atoms with Crippen LogP contribution >= 0.6 is 15.9 Å². The molecule has 0 saturated heterocycles. The van der Waals surface area contributed by atoms with Gasteiger partial charge in [-0.05, 0) is 40.2 Å². The number of furan rings is 1. The molecule has 2 rings (SSSR count). The van der Waals surface area contributed by atoms with Crippen molar-refractivity contribution >= 4 is 33.7 Å². The number of non-ortho nitro benzene ring substituents is 1. The highest BCUT2D eigenvalue weighted by atomic mass is 79.9. The fourth-order valence-corrected chi connectivity index (χ4v) is 2.28. The maximum Gasteiger partial charge on any atom is 0.331 e. The summed E-state index contributed by atoms with van der Waals surface area (Å²) < 4.78 is 10.8. The maximum absolute atomic E-state index is 11.3. The van der Waals surface area contributed by atoms with E-state index < -0.39 is 10.9 Å². The van der Waals surface area contributed by atoms with Crippen molar-refractivity contribution in [2.45, 2.75) is 0 Å². The van der Waals surface area contributed by atoms with Crippen LogP contribution in [0.15, 0.2) is 45.3 Å². The number of carbonyl (C=O) groups is 1. The molecule has 2 aromatic rings. The number of nitro groups is 1. The lowest BCUT2D eigenvalue weighted by Crippen LogP contribution is -1.99. The molecule has 0 spiro atoms. The van der Waals surface area contributed by atoms with Gasteiger partial charge in [0, 0.05) is 28.2 Å². The molecule has 0 unspecified atom stereocenters. The maximum atomic E-state index is 11.3. The molecular weight excluding hydrogens is 366 g/mol. The molecule has 0 fully saturated rings. The normalized spacial score (nSPS) is 10.4. The first kappa shape index (κ1) is 16.5. The first-order chi connectivity index (χ1) is 11.0. The van der Waals surface area contributed by atoms with E-state index in [0.717, 1.165) is 0 Å². The SMILES string of the molecule is C#CCOC(=O)/C=C/c1ccc(-c2ccc([N+](=O)[O-])cc2Br)o1. The molecule has 6 nitrogen and oxygen atoms in total. The van der Waals surface area contributed by atoms with Gasteiger partial charge < -0.3 is 9.15 Å². The second kappa shape index (κ2) is 7.42. The summed E-state index contributed by atoms with van der Waals surface area (Å²) in [6.07, 6.45) is 7.62. The lowest BCUT2D eigenvalue weighted by atomic mass is 10.1. The molecule has 1 heterocycles. The quantitative estimate of drug-likeness (QED) is 0.261. The fourth-order valence-electron chi connectivity index (χ4n) is 1.72. The Labute approximate surface area is 140 Å². The number of halogens is 1. The Morgan fingerprint density at radius 3 is 2.87 bits per heavy atom. The van der Waals surface area contributed by atoms with Crippen LogP contribution in [0.4, 0.5) is 5.69 Å². The summed E-state index contributed by atoms with van der Waals surface area (Å²) in [6.45, 7) is -0.0949. The fraction of sp³-hybridized carbons (Fsp3) is 0.0625. The molecule has 0 aliphatic heterocycles. The van der Waals surface area contributed by atoms with Gasteiger partial charge >= 0.3 is 5.97 Å². The molecule has 1 aromatic carbocycles. The molecule has 0 aliphatic carbocycles. The van der Waals surface area contributed by atoms with Crippen LogP contribution < -0.4 is 0 Å². The number of hydrogen-bond acceptors (Lipinski definition) is 5. The molecule has 0 N–H and O–H groups in total. The highest BCUT2D eigenvalue weighted by molar-refractivity contribution is 9.10. The highest BCUT2D eigenvalue weighted by Gasteiger charge is 2.12. The van der Waals surface area contributed by atoms with Crippen molar-refractivity contribution in [3.63, 3.8) is 0 Å². The lowest BCUT2D eigenvalue weighted by Gasteiger charge is -2.00. The van der Waals surface area contributed by atoms with Gasteiger partial charge in [-0.3, -0.25) is 10.1 Å². The van der Waals surface area contributed by atoms with E-state index in [9.17, 15) is 14.9 Å². The highest BCUT2D eigenvalue weighted by Crippen LogP contribution is 2.32. The van der Waals surface area contributed by atoms with Gasteiger partial charge in [0.15, 0.2) is 6.61 Å². The van der Waals surface area contributed by atoms with E-state index in [4.69, 9.17) is 10.8 Å². The molecule has 0 amide bonds. The van der Waals surface area contributed by atoms with Gasteiger partial charge in [-0.2, -0.15) is 0 Å². The number of esters is 1. The van der Waals surface area contributed by atoms with Crippen LogP contribution in [0.5, 0.6) is 0 Å². The number of nitro benzene ring substituents is 1. The molecule has 0 saturated carbocycles. The predicted molar refractivity (Wildman–Crippen MR) is 87.3 cm³/mol. The third-order valence-electron chi connectivity index (χ3n) is 2.74. The average molecular weight is 376 g/mol. The zero-order valence-corrected chi connectivity index (χ0v) is 13.3. The minimum Gasteiger partial charge on any atom is -0.457 e. The van der Waals surface area contributed by atoms with Crippen LogP contribution in [0.3, 0.4) is 0 Å². The Bertz CT molecular complexity index is 816. The van der Waals surface area contributed by atoms with Gasteiger partial charge in [0.2, 0.25) is 0 Å². The number of ether oxygens (including phenoxy) is 1. The molecule has 116 valence electrons. The van der Waals surface area contributed by atoms with E-state index >= 15 is 0 Å². The third kappa shape index (κ3) is 4.31. The molecule has 0 bridgehead atoms. The van der Waals surface area contributed by atoms with E-state index in [1.165, 1.54) is 24.3 Å². The molecule has 0 aliphatic rings. The molecule has 23 heavy (non-hydrogen) atoms. The Morgan fingerprint density at radius 1 is 1.43 bits per heavy atom. The molecule has 7 heteroatoms. The van der Waals surface area contributed by atoms with E-state index in [1.54, 1.807) is 18.2 Å². The van der Waals surface area contributed by atoms with Gasteiger partial charge in [-0.1, -0.05) is 5.92 Å². The van der Waals surface area contributed by atoms with Crippen molar-refractivity contribution in [1.29, 1.82) is 0 Å². The van der Waals surface area contributed by atoms with Crippen LogP contribution in [0, 0.1) is 22.5 Å². The summed E-state index contributed by atoms with van der Waals surface area (Å²) in [5.74, 6) is 2.55. The van der Waals surface area contributed by atoms with Gasteiger partial charge in [-0.25, -0.2) is 4.79 Å². The summed E-state index contributed by atoms with van der Waals surface area (Å²) in [7, 11) is 0. The van der Waals surface area contributed by atoms with E-state index in [1.807, 2.05) is 0 Å². The first-order valence-corrected chi connectivity index (χ1v) is 7.13. The van der Waals surface area contributed by atoms with Gasteiger partial charge in [-0.15, -0.1) is 6.42 Å². The smallest absolute Gasteiger partial charge is 0.331 e. The van der Waals surface area contributed by atoms with Crippen LogP contribution in [0.1, 0.15) is 5.76 Å². The van der Waals surface area contributed by atoms with Gasteiger partial charge in [0.1, 0.15) is 11.5 Å². The zero-order chi connectivity index (χ0) is 16.8. The lowest BCUT2D eigenvalue weighted by molar-refractivity contribution is -0.384. The first-order valence-electron chi connectivity index (χ1n) is 6.33. The Hall–Kier alpha value is -2.85. The predicted octanol–water partition coefficient (Wildman–Crippen LogP) is 3.81. The van der Waals surface area contributed by atoms with Crippen molar-refractivity contribution in [2.75, 3.05) is 6.61 Å². The number of terminal acetylenes is 1. The molecule has 0 atom stereocenters. The van der Waals surface area contributed by atoms with Crippen molar-refractivity contribution in [1.82, 2.24) is 0 Å².